The second-order valence-electron chi connectivity index (χ2n) is 5.65. The van der Waals surface area contributed by atoms with Crippen molar-refractivity contribution in [3.8, 4) is 0 Å². The lowest BCUT2D eigenvalue weighted by molar-refractivity contribution is -0.119. The first-order valence-electron chi connectivity index (χ1n) is 7.68. The molecule has 0 bridgehead atoms. The molecule has 2 rings (SSSR count). The fourth-order valence-electron chi connectivity index (χ4n) is 2.75. The number of aryl methyl sites for hydroxylation is 1. The van der Waals surface area contributed by atoms with Crippen LogP contribution in [0.15, 0.2) is 6.20 Å². The molecule has 6 heteroatoms. The third kappa shape index (κ3) is 3.62. The van der Waals surface area contributed by atoms with E-state index in [2.05, 4.69) is 29.6 Å². The van der Waals surface area contributed by atoms with E-state index in [-0.39, 0.29) is 17.9 Å². The Bertz CT molecular complexity index is 520. The lowest BCUT2D eigenvalue weighted by atomic mass is 10.1. The molecule has 0 aromatic carbocycles. The predicted octanol–water partition coefficient (Wildman–Crippen LogP) is 2.16. The van der Waals surface area contributed by atoms with Crippen molar-refractivity contribution in [1.29, 1.82) is 0 Å². The van der Waals surface area contributed by atoms with Crippen LogP contribution in [0.1, 0.15) is 57.6 Å². The Morgan fingerprint density at radius 3 is 2.81 bits per heavy atom. The highest BCUT2D eigenvalue weighted by Crippen LogP contribution is 2.24. The smallest absolute Gasteiger partial charge is 0.227 e. The molecule has 1 aromatic heterocycles. The Hall–Kier alpha value is -1.85. The zero-order chi connectivity index (χ0) is 15.4. The van der Waals surface area contributed by atoms with E-state index >= 15 is 0 Å². The standard InChI is InChI=1S/C15H24N4O2/c1-4-12(5-2)19-15(10(3)9-16-19)18-14(21)8-11-6-7-13(20)17-11/h9,11-12H,4-8H2,1-3H3,(H,17,20)(H,18,21)/t11-/m1/s1. The van der Waals surface area contributed by atoms with E-state index < -0.39 is 0 Å². The van der Waals surface area contributed by atoms with Crippen molar-refractivity contribution in [2.24, 2.45) is 0 Å². The van der Waals surface area contributed by atoms with Crippen LogP contribution in [0.25, 0.3) is 0 Å². The molecular weight excluding hydrogens is 268 g/mol. The summed E-state index contributed by atoms with van der Waals surface area (Å²) in [6.45, 7) is 6.18. The molecule has 2 N–H and O–H groups in total. The van der Waals surface area contributed by atoms with Gasteiger partial charge in [0, 0.05) is 24.4 Å². The zero-order valence-electron chi connectivity index (χ0n) is 13.0. The number of carbonyl (C=O) groups excluding carboxylic acids is 2. The van der Waals surface area contributed by atoms with Gasteiger partial charge in [-0.25, -0.2) is 4.68 Å². The summed E-state index contributed by atoms with van der Waals surface area (Å²) in [5.41, 5.74) is 0.964. The molecular formula is C15H24N4O2. The van der Waals surface area contributed by atoms with E-state index in [1.165, 1.54) is 0 Å². The highest BCUT2D eigenvalue weighted by Gasteiger charge is 2.24. The Morgan fingerprint density at radius 1 is 1.52 bits per heavy atom. The van der Waals surface area contributed by atoms with Crippen LogP contribution in [0, 0.1) is 6.92 Å². The Kier molecular flexibility index (Phi) is 4.98. The second-order valence-corrected chi connectivity index (χ2v) is 5.65. The van der Waals surface area contributed by atoms with Crippen molar-refractivity contribution in [3.63, 3.8) is 0 Å². The minimum atomic E-state index is -0.0713. The molecule has 1 aliphatic rings. The maximum absolute atomic E-state index is 12.2. The fourth-order valence-corrected chi connectivity index (χ4v) is 2.75. The number of carbonyl (C=O) groups is 2. The first kappa shape index (κ1) is 15.5. The van der Waals surface area contributed by atoms with E-state index in [1.54, 1.807) is 6.20 Å². The molecule has 1 atom stereocenters. The number of hydrogen-bond donors (Lipinski definition) is 2. The van der Waals surface area contributed by atoms with E-state index in [9.17, 15) is 9.59 Å². The maximum Gasteiger partial charge on any atom is 0.227 e. The molecule has 1 aliphatic heterocycles. The monoisotopic (exact) mass is 292 g/mol. The lowest BCUT2D eigenvalue weighted by Gasteiger charge is -2.18. The van der Waals surface area contributed by atoms with Crippen LogP contribution < -0.4 is 10.6 Å². The molecule has 2 amide bonds. The highest BCUT2D eigenvalue weighted by molar-refractivity contribution is 5.91. The number of nitrogens with zero attached hydrogens (tertiary/aromatic N) is 2. The van der Waals surface area contributed by atoms with E-state index in [1.807, 2.05) is 11.6 Å². The largest absolute Gasteiger partial charge is 0.353 e. The number of aromatic nitrogens is 2. The van der Waals surface area contributed by atoms with Gasteiger partial charge < -0.3 is 10.6 Å². The number of hydrogen-bond acceptors (Lipinski definition) is 3. The molecule has 21 heavy (non-hydrogen) atoms. The van der Waals surface area contributed by atoms with Crippen LogP contribution in [0.5, 0.6) is 0 Å². The van der Waals surface area contributed by atoms with Crippen molar-refractivity contribution in [3.05, 3.63) is 11.8 Å². The Morgan fingerprint density at radius 2 is 2.24 bits per heavy atom. The van der Waals surface area contributed by atoms with Gasteiger partial charge in [0.15, 0.2) is 0 Å². The number of rotatable bonds is 6. The van der Waals surface area contributed by atoms with Crippen LogP contribution in [-0.2, 0) is 9.59 Å². The number of amides is 2. The van der Waals surface area contributed by atoms with Gasteiger partial charge in [0.2, 0.25) is 11.8 Å². The fraction of sp³-hybridized carbons (Fsp3) is 0.667. The van der Waals surface area contributed by atoms with Gasteiger partial charge in [-0.15, -0.1) is 0 Å². The van der Waals surface area contributed by atoms with Crippen molar-refractivity contribution >= 4 is 17.6 Å². The summed E-state index contributed by atoms with van der Waals surface area (Å²) in [6.07, 6.45) is 5.29. The van der Waals surface area contributed by atoms with Crippen LogP contribution in [0.4, 0.5) is 5.82 Å². The predicted molar refractivity (Wildman–Crippen MR) is 81.0 cm³/mol. The average Bonchev–Trinajstić information content (AvgIpc) is 3.00. The van der Waals surface area contributed by atoms with Gasteiger partial charge in [-0.1, -0.05) is 13.8 Å². The molecule has 0 spiro atoms. The Balaban J connectivity index is 2.03. The third-order valence-electron chi connectivity index (χ3n) is 4.04. The molecule has 1 fully saturated rings. The van der Waals surface area contributed by atoms with Crippen LogP contribution in [0.2, 0.25) is 0 Å². The molecule has 0 radical (unpaired) electrons. The maximum atomic E-state index is 12.2. The Labute approximate surface area is 125 Å². The molecule has 6 nitrogen and oxygen atoms in total. The third-order valence-corrected chi connectivity index (χ3v) is 4.04. The van der Waals surface area contributed by atoms with Gasteiger partial charge in [0.25, 0.3) is 0 Å². The first-order valence-corrected chi connectivity index (χ1v) is 7.68. The minimum absolute atomic E-state index is 0.0334. The van der Waals surface area contributed by atoms with Gasteiger partial charge >= 0.3 is 0 Å². The topological polar surface area (TPSA) is 76.0 Å². The van der Waals surface area contributed by atoms with Gasteiger partial charge in [0.1, 0.15) is 5.82 Å². The average molecular weight is 292 g/mol. The lowest BCUT2D eigenvalue weighted by Crippen LogP contribution is -2.30. The summed E-state index contributed by atoms with van der Waals surface area (Å²) in [5.74, 6) is 0.738. The number of anilines is 1. The first-order chi connectivity index (χ1) is 10.0. The quantitative estimate of drug-likeness (QED) is 0.843. The van der Waals surface area contributed by atoms with E-state index in [0.29, 0.717) is 18.9 Å². The summed E-state index contributed by atoms with van der Waals surface area (Å²) in [7, 11) is 0. The van der Waals surface area contributed by atoms with Crippen molar-refractivity contribution in [2.75, 3.05) is 5.32 Å². The summed E-state index contributed by atoms with van der Waals surface area (Å²) in [6, 6.07) is 0.252. The van der Waals surface area contributed by atoms with Gasteiger partial charge in [0.05, 0.1) is 12.2 Å². The van der Waals surface area contributed by atoms with Gasteiger partial charge in [-0.2, -0.15) is 5.10 Å². The molecule has 1 saturated heterocycles. The molecule has 1 aromatic rings. The number of nitrogens with one attached hydrogen (secondary N) is 2. The van der Waals surface area contributed by atoms with E-state index in [4.69, 9.17) is 0 Å². The van der Waals surface area contributed by atoms with Crippen molar-refractivity contribution in [1.82, 2.24) is 15.1 Å². The molecule has 0 aliphatic carbocycles. The van der Waals surface area contributed by atoms with Gasteiger partial charge in [-0.3, -0.25) is 9.59 Å². The zero-order valence-corrected chi connectivity index (χ0v) is 13.0. The summed E-state index contributed by atoms with van der Waals surface area (Å²) >= 11 is 0. The molecule has 2 heterocycles. The van der Waals surface area contributed by atoms with Gasteiger partial charge in [-0.05, 0) is 26.2 Å². The van der Waals surface area contributed by atoms with Crippen LogP contribution in [0.3, 0.4) is 0 Å². The molecule has 116 valence electrons. The normalized spacial score (nSPS) is 18.1. The highest BCUT2D eigenvalue weighted by atomic mass is 16.2. The second kappa shape index (κ2) is 6.74. The van der Waals surface area contributed by atoms with Crippen molar-refractivity contribution < 1.29 is 9.59 Å². The van der Waals surface area contributed by atoms with Crippen LogP contribution >= 0.6 is 0 Å². The molecule has 0 saturated carbocycles. The van der Waals surface area contributed by atoms with Crippen molar-refractivity contribution in [2.45, 2.75) is 65.0 Å². The van der Waals surface area contributed by atoms with Crippen LogP contribution in [-0.4, -0.2) is 27.6 Å². The minimum Gasteiger partial charge on any atom is -0.353 e. The molecule has 0 unspecified atom stereocenters. The summed E-state index contributed by atoms with van der Waals surface area (Å²) in [4.78, 5) is 23.3. The summed E-state index contributed by atoms with van der Waals surface area (Å²) in [5, 5.41) is 10.2. The SMILES string of the molecule is CCC(CC)n1ncc(C)c1NC(=O)C[C@H]1CCC(=O)N1. The van der Waals surface area contributed by atoms with E-state index in [0.717, 1.165) is 30.6 Å². The summed E-state index contributed by atoms with van der Waals surface area (Å²) < 4.78 is 1.90.